The minimum Gasteiger partial charge on any atom is -0.478 e. The molecule has 2 aromatic carbocycles. The fourth-order valence-corrected chi connectivity index (χ4v) is 3.24. The van der Waals surface area contributed by atoms with Crippen LogP contribution in [0.15, 0.2) is 60.7 Å². The lowest BCUT2D eigenvalue weighted by molar-refractivity contribution is 0.0697. The maximum absolute atomic E-state index is 11.5. The molecular weight excluding hydrogens is 392 g/mol. The summed E-state index contributed by atoms with van der Waals surface area (Å²) in [5, 5.41) is 12.5. The molecule has 1 aromatic heterocycles. The van der Waals surface area contributed by atoms with Crippen LogP contribution in [0, 0.1) is 5.92 Å². The molecule has 0 fully saturated rings. The smallest absolute Gasteiger partial charge is 0.339 e. The number of aromatic nitrogens is 1. The molecule has 3 rings (SSSR count). The lowest BCUT2D eigenvalue weighted by atomic mass is 10.0. The van der Waals surface area contributed by atoms with Gasteiger partial charge < -0.3 is 19.9 Å². The Labute approximate surface area is 182 Å². The summed E-state index contributed by atoms with van der Waals surface area (Å²) in [6.45, 7) is 5.15. The average molecular weight is 421 g/mol. The molecule has 0 atom stereocenters. The maximum atomic E-state index is 11.5. The number of carboxylic acid groups (broad SMARTS) is 1. The van der Waals surface area contributed by atoms with E-state index < -0.39 is 5.97 Å². The van der Waals surface area contributed by atoms with Crippen molar-refractivity contribution in [1.82, 2.24) is 4.98 Å². The van der Waals surface area contributed by atoms with Gasteiger partial charge in [-0.05, 0) is 59.9 Å². The van der Waals surface area contributed by atoms with Gasteiger partial charge in [0, 0.05) is 13.7 Å². The zero-order chi connectivity index (χ0) is 22.2. The first-order valence-corrected chi connectivity index (χ1v) is 10.3. The zero-order valence-electron chi connectivity index (χ0n) is 18.1. The van der Waals surface area contributed by atoms with Gasteiger partial charge in [0.05, 0.1) is 12.3 Å². The van der Waals surface area contributed by atoms with Gasteiger partial charge in [0.1, 0.15) is 22.9 Å². The second kappa shape index (κ2) is 10.6. The topological polar surface area (TPSA) is 80.7 Å². The molecule has 2 N–H and O–H groups in total. The molecule has 31 heavy (non-hydrogen) atoms. The zero-order valence-corrected chi connectivity index (χ0v) is 18.1. The number of aromatic carboxylic acids is 1. The number of rotatable bonds is 10. The van der Waals surface area contributed by atoms with Gasteiger partial charge in [-0.15, -0.1) is 0 Å². The van der Waals surface area contributed by atoms with Crippen molar-refractivity contribution in [2.24, 2.45) is 5.92 Å². The molecule has 0 aliphatic rings. The highest BCUT2D eigenvalue weighted by Gasteiger charge is 2.12. The molecule has 0 radical (unpaired) electrons. The second-order valence-corrected chi connectivity index (χ2v) is 7.78. The summed E-state index contributed by atoms with van der Waals surface area (Å²) in [5.74, 6) is 1.45. The molecule has 0 saturated heterocycles. The number of pyridine rings is 1. The van der Waals surface area contributed by atoms with E-state index in [0.717, 1.165) is 23.5 Å². The lowest BCUT2D eigenvalue weighted by Gasteiger charge is -2.12. The highest BCUT2D eigenvalue weighted by Crippen LogP contribution is 2.24. The number of nitrogens with one attached hydrogen (secondary N) is 1. The number of anilines is 1. The summed E-state index contributed by atoms with van der Waals surface area (Å²) in [6.07, 6.45) is 1.01. The van der Waals surface area contributed by atoms with Crippen molar-refractivity contribution in [3.63, 3.8) is 0 Å². The molecule has 162 valence electrons. The SMILES string of the molecule is COCc1ccc(C(=O)O)c(NCc2ccc(Oc3cccc(CC(C)C)c3)cc2)n1. The highest BCUT2D eigenvalue weighted by atomic mass is 16.5. The molecule has 6 heteroatoms. The van der Waals surface area contributed by atoms with Crippen LogP contribution < -0.4 is 10.1 Å². The van der Waals surface area contributed by atoms with Crippen LogP contribution in [-0.2, 0) is 24.3 Å². The van der Waals surface area contributed by atoms with E-state index in [4.69, 9.17) is 9.47 Å². The Morgan fingerprint density at radius 2 is 1.81 bits per heavy atom. The first kappa shape index (κ1) is 22.3. The van der Waals surface area contributed by atoms with Gasteiger partial charge in [0.25, 0.3) is 0 Å². The Bertz CT molecular complexity index is 1020. The van der Waals surface area contributed by atoms with Crippen molar-refractivity contribution in [3.8, 4) is 11.5 Å². The summed E-state index contributed by atoms with van der Waals surface area (Å²) in [7, 11) is 1.57. The van der Waals surface area contributed by atoms with Crippen LogP contribution in [0.2, 0.25) is 0 Å². The van der Waals surface area contributed by atoms with E-state index in [1.807, 2.05) is 36.4 Å². The average Bonchev–Trinajstić information content (AvgIpc) is 2.73. The van der Waals surface area contributed by atoms with Crippen molar-refractivity contribution in [2.75, 3.05) is 12.4 Å². The van der Waals surface area contributed by atoms with Crippen LogP contribution in [0.25, 0.3) is 0 Å². The van der Waals surface area contributed by atoms with Crippen molar-refractivity contribution in [1.29, 1.82) is 0 Å². The molecule has 1 heterocycles. The number of hydrogen-bond donors (Lipinski definition) is 2. The van der Waals surface area contributed by atoms with Gasteiger partial charge in [-0.25, -0.2) is 9.78 Å². The van der Waals surface area contributed by atoms with Crippen LogP contribution in [0.1, 0.15) is 41.0 Å². The summed E-state index contributed by atoms with van der Waals surface area (Å²) in [4.78, 5) is 15.8. The third-order valence-electron chi connectivity index (χ3n) is 4.64. The predicted molar refractivity (Wildman–Crippen MR) is 121 cm³/mol. The third kappa shape index (κ3) is 6.55. The number of carboxylic acids is 1. The van der Waals surface area contributed by atoms with Crippen molar-refractivity contribution >= 4 is 11.8 Å². The molecule has 3 aromatic rings. The van der Waals surface area contributed by atoms with Crippen molar-refractivity contribution < 1.29 is 19.4 Å². The van der Waals surface area contributed by atoms with Gasteiger partial charge >= 0.3 is 5.97 Å². The second-order valence-electron chi connectivity index (χ2n) is 7.78. The highest BCUT2D eigenvalue weighted by molar-refractivity contribution is 5.93. The molecule has 0 aliphatic carbocycles. The third-order valence-corrected chi connectivity index (χ3v) is 4.64. The van der Waals surface area contributed by atoms with Gasteiger partial charge in [-0.2, -0.15) is 0 Å². The van der Waals surface area contributed by atoms with Crippen LogP contribution in [0.4, 0.5) is 5.82 Å². The van der Waals surface area contributed by atoms with Gasteiger partial charge in [-0.3, -0.25) is 0 Å². The monoisotopic (exact) mass is 420 g/mol. The molecule has 0 bridgehead atoms. The van der Waals surface area contributed by atoms with E-state index >= 15 is 0 Å². The van der Waals surface area contributed by atoms with Gasteiger partial charge in [-0.1, -0.05) is 38.1 Å². The normalized spacial score (nSPS) is 10.8. The Kier molecular flexibility index (Phi) is 7.62. The van der Waals surface area contributed by atoms with Crippen LogP contribution >= 0.6 is 0 Å². The number of methoxy groups -OCH3 is 1. The first-order valence-electron chi connectivity index (χ1n) is 10.3. The van der Waals surface area contributed by atoms with E-state index in [1.54, 1.807) is 13.2 Å². The number of ether oxygens (including phenoxy) is 2. The Hall–Kier alpha value is -3.38. The van der Waals surface area contributed by atoms with E-state index in [0.29, 0.717) is 30.6 Å². The van der Waals surface area contributed by atoms with Gasteiger partial charge in [0.2, 0.25) is 0 Å². The van der Waals surface area contributed by atoms with E-state index in [1.165, 1.54) is 11.6 Å². The van der Waals surface area contributed by atoms with Crippen molar-refractivity contribution in [2.45, 2.75) is 33.4 Å². The molecule has 0 unspecified atom stereocenters. The molecule has 0 amide bonds. The van der Waals surface area contributed by atoms with Crippen LogP contribution in [0.5, 0.6) is 11.5 Å². The molecule has 0 saturated carbocycles. The largest absolute Gasteiger partial charge is 0.478 e. The number of nitrogens with zero attached hydrogens (tertiary/aromatic N) is 1. The number of benzene rings is 2. The number of hydrogen-bond acceptors (Lipinski definition) is 5. The standard InChI is InChI=1S/C25H28N2O4/c1-17(2)13-19-5-4-6-22(14-19)31-21-10-7-18(8-11-21)15-26-24-23(25(28)29)12-9-20(27-24)16-30-3/h4-12,14,17H,13,15-16H2,1-3H3,(H,26,27)(H,28,29). The Morgan fingerprint density at radius 3 is 2.48 bits per heavy atom. The lowest BCUT2D eigenvalue weighted by Crippen LogP contribution is -2.10. The first-order chi connectivity index (χ1) is 14.9. The quantitative estimate of drug-likeness (QED) is 0.449. The minimum absolute atomic E-state index is 0.126. The maximum Gasteiger partial charge on any atom is 0.339 e. The van der Waals surface area contributed by atoms with Crippen LogP contribution in [0.3, 0.4) is 0 Å². The van der Waals surface area contributed by atoms with E-state index in [9.17, 15) is 9.90 Å². The Balaban J connectivity index is 1.65. The molecule has 0 spiro atoms. The van der Waals surface area contributed by atoms with Crippen molar-refractivity contribution in [3.05, 3.63) is 83.0 Å². The fourth-order valence-electron chi connectivity index (χ4n) is 3.24. The predicted octanol–water partition coefficient (Wildman–Crippen LogP) is 5.53. The molecule has 0 aliphatic heterocycles. The van der Waals surface area contributed by atoms with E-state index in [-0.39, 0.29) is 5.56 Å². The minimum atomic E-state index is -1.03. The molecule has 6 nitrogen and oxygen atoms in total. The summed E-state index contributed by atoms with van der Waals surface area (Å²) in [5.41, 5.74) is 3.03. The van der Waals surface area contributed by atoms with Crippen LogP contribution in [-0.4, -0.2) is 23.2 Å². The number of carbonyl (C=O) groups is 1. The molecular formula is C25H28N2O4. The Morgan fingerprint density at radius 1 is 1.03 bits per heavy atom. The fraction of sp³-hybridized carbons (Fsp3) is 0.280. The summed E-state index contributed by atoms with van der Waals surface area (Å²) >= 11 is 0. The summed E-state index contributed by atoms with van der Waals surface area (Å²) in [6, 6.07) is 19.0. The summed E-state index contributed by atoms with van der Waals surface area (Å²) < 4.78 is 11.1. The van der Waals surface area contributed by atoms with E-state index in [2.05, 4.69) is 36.3 Å². The van der Waals surface area contributed by atoms with Gasteiger partial charge in [0.15, 0.2) is 0 Å².